The van der Waals surface area contributed by atoms with E-state index in [0.717, 1.165) is 26.3 Å². The molecule has 3 rings (SSSR count). The molecule has 1 aromatic heterocycles. The number of pyridine rings is 1. The van der Waals surface area contributed by atoms with Crippen molar-refractivity contribution in [3.63, 3.8) is 0 Å². The zero-order valence-corrected chi connectivity index (χ0v) is 12.6. The summed E-state index contributed by atoms with van der Waals surface area (Å²) in [5, 5.41) is 11.2. The molecule has 0 fully saturated rings. The summed E-state index contributed by atoms with van der Waals surface area (Å²) in [5.41, 5.74) is 6.40. The van der Waals surface area contributed by atoms with Crippen LogP contribution in [0.25, 0.3) is 10.8 Å². The number of fused-ring (bicyclic) bond motifs is 1. The van der Waals surface area contributed by atoms with Crippen molar-refractivity contribution in [2.45, 2.75) is 9.92 Å². The number of hydrogen-bond acceptors (Lipinski definition) is 3. The van der Waals surface area contributed by atoms with E-state index in [4.69, 9.17) is 22.7 Å². The lowest BCUT2D eigenvalue weighted by Gasteiger charge is -2.09. The molecule has 1 heterocycles. The van der Waals surface area contributed by atoms with Crippen LogP contribution in [-0.4, -0.2) is 10.8 Å². The second-order valence-corrected chi connectivity index (χ2v) is 5.99. The predicted molar refractivity (Wildman–Crippen MR) is 88.3 cm³/mol. The van der Waals surface area contributed by atoms with Gasteiger partial charge in [-0.3, -0.25) is 5.41 Å². The second-order valence-electron chi connectivity index (χ2n) is 4.49. The first-order valence-electron chi connectivity index (χ1n) is 6.31. The van der Waals surface area contributed by atoms with Crippen molar-refractivity contribution in [2.75, 3.05) is 0 Å². The van der Waals surface area contributed by atoms with Gasteiger partial charge in [-0.1, -0.05) is 47.6 Å². The van der Waals surface area contributed by atoms with Gasteiger partial charge in [0.05, 0.1) is 5.02 Å². The highest BCUT2D eigenvalue weighted by atomic mass is 35.5. The third-order valence-corrected chi connectivity index (χ3v) is 4.34. The van der Waals surface area contributed by atoms with E-state index in [1.807, 2.05) is 48.5 Å². The van der Waals surface area contributed by atoms with E-state index >= 15 is 0 Å². The molecular weight excluding hydrogens is 302 g/mol. The van der Waals surface area contributed by atoms with Crippen LogP contribution in [0.1, 0.15) is 5.56 Å². The fourth-order valence-corrected chi connectivity index (χ4v) is 3.13. The molecule has 0 saturated carbocycles. The highest BCUT2D eigenvalue weighted by Gasteiger charge is 2.09. The SMILES string of the molecule is N=C(N)c1ccc(Sc2ccc(Cl)cn2)c2ccccc12. The molecule has 2 aromatic carbocycles. The van der Waals surface area contributed by atoms with Gasteiger partial charge in [0.25, 0.3) is 0 Å². The summed E-state index contributed by atoms with van der Waals surface area (Å²) < 4.78 is 0. The topological polar surface area (TPSA) is 62.8 Å². The number of benzene rings is 2. The fraction of sp³-hybridized carbons (Fsp3) is 0. The van der Waals surface area contributed by atoms with Crippen molar-refractivity contribution in [2.24, 2.45) is 5.73 Å². The Hall–Kier alpha value is -2.04. The monoisotopic (exact) mass is 313 g/mol. The van der Waals surface area contributed by atoms with Crippen molar-refractivity contribution in [3.05, 3.63) is 65.3 Å². The first kappa shape index (κ1) is 13.9. The van der Waals surface area contributed by atoms with Crippen LogP contribution in [0.5, 0.6) is 0 Å². The van der Waals surface area contributed by atoms with Gasteiger partial charge >= 0.3 is 0 Å². The van der Waals surface area contributed by atoms with Crippen LogP contribution in [0.15, 0.2) is 64.6 Å². The van der Waals surface area contributed by atoms with E-state index in [1.165, 1.54) is 0 Å². The molecule has 0 spiro atoms. The minimum atomic E-state index is 0.0763. The van der Waals surface area contributed by atoms with Gasteiger partial charge in [0.1, 0.15) is 10.9 Å². The van der Waals surface area contributed by atoms with Crippen molar-refractivity contribution in [1.82, 2.24) is 4.98 Å². The maximum atomic E-state index is 7.68. The maximum Gasteiger partial charge on any atom is 0.123 e. The van der Waals surface area contributed by atoms with Gasteiger partial charge < -0.3 is 5.73 Å². The number of nitrogens with one attached hydrogen (secondary N) is 1. The van der Waals surface area contributed by atoms with E-state index in [0.29, 0.717) is 5.02 Å². The van der Waals surface area contributed by atoms with Crippen LogP contribution in [0.2, 0.25) is 5.02 Å². The van der Waals surface area contributed by atoms with Crippen LogP contribution in [0.4, 0.5) is 0 Å². The number of hydrogen-bond donors (Lipinski definition) is 2. The quantitative estimate of drug-likeness (QED) is 0.559. The van der Waals surface area contributed by atoms with Gasteiger partial charge in [-0.2, -0.15) is 0 Å². The van der Waals surface area contributed by atoms with E-state index < -0.39 is 0 Å². The summed E-state index contributed by atoms with van der Waals surface area (Å²) in [6.45, 7) is 0. The second kappa shape index (κ2) is 5.76. The Kier molecular flexibility index (Phi) is 3.82. The molecule has 0 bridgehead atoms. The minimum absolute atomic E-state index is 0.0763. The highest BCUT2D eigenvalue weighted by Crippen LogP contribution is 2.34. The van der Waals surface area contributed by atoms with Gasteiger partial charge in [0, 0.05) is 16.7 Å². The standard InChI is InChI=1S/C16H12ClN3S/c17-10-5-8-15(20-9-10)21-14-7-6-13(16(18)19)11-3-1-2-4-12(11)14/h1-9H,(H3,18,19). The van der Waals surface area contributed by atoms with E-state index in [2.05, 4.69) is 4.98 Å². The molecule has 0 atom stereocenters. The molecule has 0 saturated heterocycles. The number of halogens is 1. The molecule has 3 aromatic rings. The van der Waals surface area contributed by atoms with Crippen molar-refractivity contribution in [1.29, 1.82) is 5.41 Å². The Bertz CT molecular complexity index is 815. The molecule has 3 N–H and O–H groups in total. The first-order valence-corrected chi connectivity index (χ1v) is 7.50. The Morgan fingerprint density at radius 3 is 2.48 bits per heavy atom. The minimum Gasteiger partial charge on any atom is -0.384 e. The summed E-state index contributed by atoms with van der Waals surface area (Å²) in [5.74, 6) is 0.0763. The molecule has 3 nitrogen and oxygen atoms in total. The number of nitrogens with two attached hydrogens (primary N) is 1. The van der Waals surface area contributed by atoms with E-state index in [-0.39, 0.29) is 5.84 Å². The Labute approximate surface area is 131 Å². The molecule has 104 valence electrons. The lowest BCUT2D eigenvalue weighted by molar-refractivity contribution is 1.13. The van der Waals surface area contributed by atoms with Gasteiger partial charge in [-0.25, -0.2) is 4.98 Å². The molecular formula is C16H12ClN3S. The number of amidine groups is 1. The average Bonchev–Trinajstić information content (AvgIpc) is 2.49. The van der Waals surface area contributed by atoms with Crippen LogP contribution < -0.4 is 5.73 Å². The molecule has 0 aliphatic heterocycles. The summed E-state index contributed by atoms with van der Waals surface area (Å²) >= 11 is 7.42. The van der Waals surface area contributed by atoms with Crippen molar-refractivity contribution < 1.29 is 0 Å². The van der Waals surface area contributed by atoms with Gasteiger partial charge in [-0.05, 0) is 35.0 Å². The van der Waals surface area contributed by atoms with Gasteiger partial charge in [0.2, 0.25) is 0 Å². The van der Waals surface area contributed by atoms with Crippen molar-refractivity contribution >= 4 is 40.0 Å². The summed E-state index contributed by atoms with van der Waals surface area (Å²) in [6.07, 6.45) is 1.63. The average molecular weight is 314 g/mol. The van der Waals surface area contributed by atoms with E-state index in [1.54, 1.807) is 18.0 Å². The first-order chi connectivity index (χ1) is 10.1. The largest absolute Gasteiger partial charge is 0.384 e. The molecule has 5 heteroatoms. The number of rotatable bonds is 3. The number of aromatic nitrogens is 1. The molecule has 0 unspecified atom stereocenters. The Balaban J connectivity index is 2.09. The molecule has 0 amide bonds. The number of nitrogen functional groups attached to an aromatic ring is 1. The highest BCUT2D eigenvalue weighted by molar-refractivity contribution is 7.99. The van der Waals surface area contributed by atoms with Crippen molar-refractivity contribution in [3.8, 4) is 0 Å². The predicted octanol–water partition coefficient (Wildman–Crippen LogP) is 4.32. The van der Waals surface area contributed by atoms with Gasteiger partial charge in [-0.15, -0.1) is 0 Å². The van der Waals surface area contributed by atoms with Crippen LogP contribution in [0, 0.1) is 5.41 Å². The molecule has 0 aliphatic carbocycles. The third-order valence-electron chi connectivity index (χ3n) is 3.09. The summed E-state index contributed by atoms with van der Waals surface area (Å²) in [6, 6.07) is 15.5. The van der Waals surface area contributed by atoms with Gasteiger partial charge in [0.15, 0.2) is 0 Å². The molecule has 0 aliphatic rings. The van der Waals surface area contributed by atoms with Crippen LogP contribution in [0.3, 0.4) is 0 Å². The molecule has 0 radical (unpaired) electrons. The van der Waals surface area contributed by atoms with Crippen LogP contribution >= 0.6 is 23.4 Å². The Morgan fingerprint density at radius 1 is 1.05 bits per heavy atom. The molecule has 21 heavy (non-hydrogen) atoms. The lowest BCUT2D eigenvalue weighted by Crippen LogP contribution is -2.11. The third kappa shape index (κ3) is 2.86. The maximum absolute atomic E-state index is 7.68. The number of nitrogens with zero attached hydrogens (tertiary/aromatic N) is 1. The van der Waals surface area contributed by atoms with E-state index in [9.17, 15) is 0 Å². The summed E-state index contributed by atoms with van der Waals surface area (Å²) in [7, 11) is 0. The Morgan fingerprint density at radius 2 is 1.81 bits per heavy atom. The smallest absolute Gasteiger partial charge is 0.123 e. The fourth-order valence-electron chi connectivity index (χ4n) is 2.13. The normalized spacial score (nSPS) is 10.7. The zero-order valence-electron chi connectivity index (χ0n) is 11.0. The zero-order chi connectivity index (χ0) is 14.8. The summed E-state index contributed by atoms with van der Waals surface area (Å²) in [4.78, 5) is 5.38. The lowest BCUT2D eigenvalue weighted by atomic mass is 10.0. The van der Waals surface area contributed by atoms with Crippen LogP contribution in [-0.2, 0) is 0 Å².